The normalized spacial score (nSPS) is 9.95. The Hall–Kier alpha value is -1.83. The lowest BCUT2D eigenvalue weighted by Gasteiger charge is -2.09. The fraction of sp³-hybridized carbons (Fsp3) is 0.133. The Morgan fingerprint density at radius 2 is 1.79 bits per heavy atom. The minimum absolute atomic E-state index is 0.0546. The van der Waals surface area contributed by atoms with Crippen molar-refractivity contribution in [2.45, 2.75) is 13.2 Å². The topological polar surface area (TPSA) is 56.0 Å². The second-order valence-electron chi connectivity index (χ2n) is 4.13. The van der Waals surface area contributed by atoms with E-state index in [1.54, 1.807) is 6.07 Å². The Kier molecular flexibility index (Phi) is 4.56. The number of nitriles is 1. The van der Waals surface area contributed by atoms with Gasteiger partial charge in [0.15, 0.2) is 0 Å². The highest BCUT2D eigenvalue weighted by Crippen LogP contribution is 2.21. The van der Waals surface area contributed by atoms with Gasteiger partial charge in [-0.1, -0.05) is 40.2 Å². The van der Waals surface area contributed by atoms with Crippen LogP contribution in [0.2, 0.25) is 0 Å². The number of aliphatic hydroxyl groups is 1. The van der Waals surface area contributed by atoms with Crippen molar-refractivity contribution in [2.24, 2.45) is 0 Å². The molecule has 0 spiro atoms. The molecular weight excluding hydrogens is 304 g/mol. The van der Waals surface area contributed by atoms with Crippen molar-refractivity contribution < 1.29 is 5.11 Å². The molecular formula is C15H13BrN2O. The summed E-state index contributed by atoms with van der Waals surface area (Å²) < 4.78 is 0.891. The summed E-state index contributed by atoms with van der Waals surface area (Å²) in [5.74, 6) is 0. The smallest absolute Gasteiger partial charge is 0.101 e. The van der Waals surface area contributed by atoms with Gasteiger partial charge in [0, 0.05) is 11.0 Å². The van der Waals surface area contributed by atoms with E-state index < -0.39 is 0 Å². The molecule has 0 amide bonds. The highest BCUT2D eigenvalue weighted by Gasteiger charge is 2.02. The van der Waals surface area contributed by atoms with Gasteiger partial charge < -0.3 is 10.4 Å². The fourth-order valence-electron chi connectivity index (χ4n) is 1.72. The predicted molar refractivity (Wildman–Crippen MR) is 78.5 cm³/mol. The van der Waals surface area contributed by atoms with E-state index >= 15 is 0 Å². The zero-order valence-corrected chi connectivity index (χ0v) is 11.8. The standard InChI is InChI=1S/C15H13BrN2O/c16-14-5-6-15(13(7-14)8-17)18-9-11-1-3-12(10-19)4-2-11/h1-7,18-19H,9-10H2. The summed E-state index contributed by atoms with van der Waals surface area (Å²) >= 11 is 3.35. The maximum absolute atomic E-state index is 9.07. The molecule has 0 aliphatic heterocycles. The number of hydrogen-bond acceptors (Lipinski definition) is 3. The molecule has 2 rings (SSSR count). The molecule has 0 aliphatic rings. The Morgan fingerprint density at radius 1 is 1.11 bits per heavy atom. The zero-order valence-electron chi connectivity index (χ0n) is 10.2. The molecule has 0 aliphatic carbocycles. The van der Waals surface area contributed by atoms with Crippen LogP contribution in [-0.4, -0.2) is 5.11 Å². The molecule has 0 fully saturated rings. The van der Waals surface area contributed by atoms with Gasteiger partial charge in [-0.2, -0.15) is 5.26 Å². The van der Waals surface area contributed by atoms with Gasteiger partial charge >= 0.3 is 0 Å². The molecule has 19 heavy (non-hydrogen) atoms. The number of nitrogens with zero attached hydrogens (tertiary/aromatic N) is 1. The highest BCUT2D eigenvalue weighted by molar-refractivity contribution is 9.10. The van der Waals surface area contributed by atoms with E-state index in [4.69, 9.17) is 10.4 Å². The molecule has 0 unspecified atom stereocenters. The molecule has 2 N–H and O–H groups in total. The van der Waals surface area contributed by atoms with Crippen LogP contribution < -0.4 is 5.32 Å². The zero-order chi connectivity index (χ0) is 13.7. The number of benzene rings is 2. The lowest BCUT2D eigenvalue weighted by molar-refractivity contribution is 0.282. The molecule has 0 radical (unpaired) electrons. The van der Waals surface area contributed by atoms with E-state index in [1.807, 2.05) is 36.4 Å². The number of hydrogen-bond donors (Lipinski definition) is 2. The van der Waals surface area contributed by atoms with Crippen molar-refractivity contribution in [3.63, 3.8) is 0 Å². The third-order valence-corrected chi connectivity index (χ3v) is 3.28. The third-order valence-electron chi connectivity index (χ3n) is 2.79. The van der Waals surface area contributed by atoms with Crippen LogP contribution >= 0.6 is 15.9 Å². The maximum Gasteiger partial charge on any atom is 0.101 e. The van der Waals surface area contributed by atoms with Gasteiger partial charge in [-0.3, -0.25) is 0 Å². The van der Waals surface area contributed by atoms with Crippen LogP contribution in [0, 0.1) is 11.3 Å². The quantitative estimate of drug-likeness (QED) is 0.908. The Balaban J connectivity index is 2.08. The number of nitrogens with one attached hydrogen (secondary N) is 1. The molecule has 0 atom stereocenters. The summed E-state index contributed by atoms with van der Waals surface area (Å²) in [5, 5.41) is 21.3. The maximum atomic E-state index is 9.07. The lowest BCUT2D eigenvalue weighted by Crippen LogP contribution is -2.01. The molecule has 0 aromatic heterocycles. The molecule has 3 nitrogen and oxygen atoms in total. The van der Waals surface area contributed by atoms with Crippen LogP contribution in [0.5, 0.6) is 0 Å². The average Bonchev–Trinajstić information content (AvgIpc) is 2.46. The SMILES string of the molecule is N#Cc1cc(Br)ccc1NCc1ccc(CO)cc1. The summed E-state index contributed by atoms with van der Waals surface area (Å²) in [5.41, 5.74) is 3.42. The van der Waals surface area contributed by atoms with Crippen LogP contribution in [0.15, 0.2) is 46.9 Å². The van der Waals surface area contributed by atoms with Crippen LogP contribution in [-0.2, 0) is 13.2 Å². The van der Waals surface area contributed by atoms with E-state index in [0.717, 1.165) is 21.3 Å². The van der Waals surface area contributed by atoms with Crippen LogP contribution in [0.1, 0.15) is 16.7 Å². The Labute approximate surface area is 120 Å². The fourth-order valence-corrected chi connectivity index (χ4v) is 2.08. The van der Waals surface area contributed by atoms with Crippen molar-refractivity contribution in [3.8, 4) is 6.07 Å². The second kappa shape index (κ2) is 6.37. The van der Waals surface area contributed by atoms with E-state index in [2.05, 4.69) is 27.3 Å². The van der Waals surface area contributed by atoms with Gasteiger partial charge in [-0.15, -0.1) is 0 Å². The van der Waals surface area contributed by atoms with E-state index in [0.29, 0.717) is 12.1 Å². The monoisotopic (exact) mass is 316 g/mol. The summed E-state index contributed by atoms with van der Waals surface area (Å²) in [4.78, 5) is 0. The van der Waals surface area contributed by atoms with E-state index in [-0.39, 0.29) is 6.61 Å². The number of rotatable bonds is 4. The highest BCUT2D eigenvalue weighted by atomic mass is 79.9. The lowest BCUT2D eigenvalue weighted by atomic mass is 10.1. The van der Waals surface area contributed by atoms with Crippen molar-refractivity contribution in [1.82, 2.24) is 0 Å². The summed E-state index contributed by atoms with van der Waals surface area (Å²) in [6.07, 6.45) is 0. The molecule has 0 saturated carbocycles. The summed E-state index contributed by atoms with van der Waals surface area (Å²) in [7, 11) is 0. The van der Waals surface area contributed by atoms with Gasteiger partial charge in [0.1, 0.15) is 6.07 Å². The van der Waals surface area contributed by atoms with Gasteiger partial charge in [0.2, 0.25) is 0 Å². The van der Waals surface area contributed by atoms with E-state index in [1.165, 1.54) is 0 Å². The first-order valence-corrected chi connectivity index (χ1v) is 6.64. The number of aliphatic hydroxyl groups excluding tert-OH is 1. The number of anilines is 1. The largest absolute Gasteiger partial charge is 0.392 e. The molecule has 4 heteroatoms. The molecule has 0 heterocycles. The van der Waals surface area contributed by atoms with Gasteiger partial charge in [-0.05, 0) is 29.3 Å². The van der Waals surface area contributed by atoms with Crippen molar-refractivity contribution in [1.29, 1.82) is 5.26 Å². The number of halogens is 1. The van der Waals surface area contributed by atoms with Gasteiger partial charge in [-0.25, -0.2) is 0 Å². The first kappa shape index (κ1) is 13.6. The molecule has 96 valence electrons. The summed E-state index contributed by atoms with van der Waals surface area (Å²) in [6.45, 7) is 0.695. The molecule has 0 bridgehead atoms. The Morgan fingerprint density at radius 3 is 2.42 bits per heavy atom. The van der Waals surface area contributed by atoms with Gasteiger partial charge in [0.05, 0.1) is 17.9 Å². The average molecular weight is 317 g/mol. The minimum Gasteiger partial charge on any atom is -0.392 e. The van der Waals surface area contributed by atoms with Crippen molar-refractivity contribution in [2.75, 3.05) is 5.32 Å². The predicted octanol–water partition coefficient (Wildman–Crippen LogP) is 3.43. The van der Waals surface area contributed by atoms with Crippen LogP contribution in [0.4, 0.5) is 5.69 Å². The molecule has 0 saturated heterocycles. The first-order valence-electron chi connectivity index (χ1n) is 5.85. The second-order valence-corrected chi connectivity index (χ2v) is 5.05. The van der Waals surface area contributed by atoms with E-state index in [9.17, 15) is 0 Å². The molecule has 2 aromatic carbocycles. The summed E-state index contributed by atoms with van der Waals surface area (Å²) in [6, 6.07) is 15.4. The van der Waals surface area contributed by atoms with Crippen LogP contribution in [0.3, 0.4) is 0 Å². The first-order chi connectivity index (χ1) is 9.22. The molecule has 2 aromatic rings. The van der Waals surface area contributed by atoms with Gasteiger partial charge in [0.25, 0.3) is 0 Å². The van der Waals surface area contributed by atoms with Crippen molar-refractivity contribution in [3.05, 3.63) is 63.6 Å². The Bertz CT molecular complexity index is 603. The van der Waals surface area contributed by atoms with Crippen molar-refractivity contribution >= 4 is 21.6 Å². The third kappa shape index (κ3) is 3.57. The van der Waals surface area contributed by atoms with Crippen LogP contribution in [0.25, 0.3) is 0 Å². The minimum atomic E-state index is 0.0546.